The molecule has 2 N–H and O–H groups in total. The van der Waals surface area contributed by atoms with E-state index in [0.29, 0.717) is 0 Å². The van der Waals surface area contributed by atoms with Crippen LogP contribution in [0.25, 0.3) is 11.1 Å². The molecule has 0 saturated heterocycles. The highest BCUT2D eigenvalue weighted by atomic mass is 16.3. The van der Waals surface area contributed by atoms with E-state index < -0.39 is 0 Å². The summed E-state index contributed by atoms with van der Waals surface area (Å²) in [7, 11) is 0. The number of rotatable bonds is 1. The molecule has 0 spiro atoms. The van der Waals surface area contributed by atoms with Crippen molar-refractivity contribution in [3.05, 3.63) is 40.8 Å². The van der Waals surface area contributed by atoms with E-state index in [1.807, 2.05) is 26.8 Å². The maximum atomic E-state index is 5.95. The first-order chi connectivity index (χ1) is 7.49. The van der Waals surface area contributed by atoms with Crippen molar-refractivity contribution in [2.45, 2.75) is 27.7 Å². The molecular weight excluding hydrogens is 198 g/mol. The van der Waals surface area contributed by atoms with E-state index in [0.717, 1.165) is 33.9 Å². The molecule has 84 valence electrons. The Labute approximate surface area is 96.1 Å². The molecule has 2 nitrogen and oxygen atoms in total. The highest BCUT2D eigenvalue weighted by molar-refractivity contribution is 5.74. The van der Waals surface area contributed by atoms with Crippen LogP contribution in [0.1, 0.15) is 22.6 Å². The van der Waals surface area contributed by atoms with Crippen LogP contribution in [0.4, 0.5) is 5.69 Å². The fourth-order valence-corrected chi connectivity index (χ4v) is 2.06. The number of furan rings is 1. The molecule has 0 aliphatic carbocycles. The fraction of sp³-hybridized carbons (Fsp3) is 0.286. The van der Waals surface area contributed by atoms with E-state index >= 15 is 0 Å². The average Bonchev–Trinajstić information content (AvgIpc) is 2.51. The van der Waals surface area contributed by atoms with Crippen molar-refractivity contribution in [1.29, 1.82) is 0 Å². The van der Waals surface area contributed by atoms with Crippen LogP contribution in [0.3, 0.4) is 0 Å². The van der Waals surface area contributed by atoms with Crippen molar-refractivity contribution in [3.8, 4) is 11.1 Å². The summed E-state index contributed by atoms with van der Waals surface area (Å²) in [6, 6.07) is 6.21. The molecular formula is C14H17NO. The van der Waals surface area contributed by atoms with Gasteiger partial charge in [0.25, 0.3) is 0 Å². The number of benzene rings is 1. The molecule has 1 aromatic carbocycles. The summed E-state index contributed by atoms with van der Waals surface area (Å²) in [5.74, 6) is 1.88. The van der Waals surface area contributed by atoms with Crippen molar-refractivity contribution in [3.63, 3.8) is 0 Å². The van der Waals surface area contributed by atoms with E-state index in [1.165, 1.54) is 5.56 Å². The predicted octanol–water partition coefficient (Wildman–Crippen LogP) is 3.76. The fourth-order valence-electron chi connectivity index (χ4n) is 2.06. The van der Waals surface area contributed by atoms with Gasteiger partial charge in [-0.15, -0.1) is 0 Å². The Hall–Kier alpha value is -1.70. The van der Waals surface area contributed by atoms with Gasteiger partial charge >= 0.3 is 0 Å². The van der Waals surface area contributed by atoms with Gasteiger partial charge in [0, 0.05) is 11.3 Å². The predicted molar refractivity (Wildman–Crippen MR) is 67.5 cm³/mol. The number of hydrogen-bond donors (Lipinski definition) is 1. The van der Waals surface area contributed by atoms with Crippen LogP contribution in [0.2, 0.25) is 0 Å². The number of hydrogen-bond acceptors (Lipinski definition) is 2. The molecule has 0 atom stereocenters. The zero-order chi connectivity index (χ0) is 11.9. The van der Waals surface area contributed by atoms with Crippen molar-refractivity contribution in [1.82, 2.24) is 0 Å². The molecule has 1 heterocycles. The highest BCUT2D eigenvalue weighted by Gasteiger charge is 2.11. The van der Waals surface area contributed by atoms with Gasteiger partial charge < -0.3 is 10.2 Å². The quantitative estimate of drug-likeness (QED) is 0.735. The van der Waals surface area contributed by atoms with Crippen LogP contribution in [0.5, 0.6) is 0 Å². The molecule has 0 fully saturated rings. The van der Waals surface area contributed by atoms with Gasteiger partial charge in [0.15, 0.2) is 0 Å². The Morgan fingerprint density at radius 2 is 1.56 bits per heavy atom. The molecule has 0 aliphatic heterocycles. The second-order valence-electron chi connectivity index (χ2n) is 4.35. The number of anilines is 1. The summed E-state index contributed by atoms with van der Waals surface area (Å²) in [6.07, 6.45) is 0. The van der Waals surface area contributed by atoms with Gasteiger partial charge in [0.05, 0.1) is 0 Å². The third-order valence-electron chi connectivity index (χ3n) is 2.94. The second kappa shape index (κ2) is 3.71. The second-order valence-corrected chi connectivity index (χ2v) is 4.35. The highest BCUT2D eigenvalue weighted by Crippen LogP contribution is 2.31. The molecule has 1 aromatic heterocycles. The zero-order valence-corrected chi connectivity index (χ0v) is 10.2. The maximum absolute atomic E-state index is 5.95. The van der Waals surface area contributed by atoms with Crippen LogP contribution in [-0.2, 0) is 0 Å². The normalized spacial score (nSPS) is 10.8. The molecule has 0 aliphatic rings. The Morgan fingerprint density at radius 3 is 2.12 bits per heavy atom. The minimum atomic E-state index is 0.832. The lowest BCUT2D eigenvalue weighted by Crippen LogP contribution is -1.93. The van der Waals surface area contributed by atoms with Crippen LogP contribution >= 0.6 is 0 Å². The molecule has 2 rings (SSSR count). The zero-order valence-electron chi connectivity index (χ0n) is 10.2. The summed E-state index contributed by atoms with van der Waals surface area (Å²) >= 11 is 0. The van der Waals surface area contributed by atoms with E-state index in [-0.39, 0.29) is 0 Å². The molecule has 0 amide bonds. The third kappa shape index (κ3) is 1.71. The first-order valence-electron chi connectivity index (χ1n) is 5.43. The van der Waals surface area contributed by atoms with Gasteiger partial charge in [0.1, 0.15) is 11.5 Å². The number of nitrogens with two attached hydrogens (primary N) is 1. The summed E-state index contributed by atoms with van der Waals surface area (Å²) in [4.78, 5) is 0. The lowest BCUT2D eigenvalue weighted by Gasteiger charge is -2.08. The first-order valence-corrected chi connectivity index (χ1v) is 5.43. The van der Waals surface area contributed by atoms with Gasteiger partial charge in [-0.3, -0.25) is 0 Å². The summed E-state index contributed by atoms with van der Waals surface area (Å²) in [5.41, 5.74) is 11.4. The minimum absolute atomic E-state index is 0.832. The SMILES string of the molecule is Cc1cc(-c2cc(N)c(C)cc2C)c(C)o1. The number of aryl methyl sites for hydroxylation is 4. The lowest BCUT2D eigenvalue weighted by molar-refractivity contribution is 0.505. The van der Waals surface area contributed by atoms with Gasteiger partial charge in [-0.25, -0.2) is 0 Å². The van der Waals surface area contributed by atoms with Crippen molar-refractivity contribution < 1.29 is 4.42 Å². The minimum Gasteiger partial charge on any atom is -0.466 e. The van der Waals surface area contributed by atoms with Crippen LogP contribution in [0.15, 0.2) is 22.6 Å². The summed E-state index contributed by atoms with van der Waals surface area (Å²) < 4.78 is 5.55. The average molecular weight is 215 g/mol. The van der Waals surface area contributed by atoms with Gasteiger partial charge in [-0.05, 0) is 56.5 Å². The van der Waals surface area contributed by atoms with E-state index in [9.17, 15) is 0 Å². The summed E-state index contributed by atoms with van der Waals surface area (Å²) in [6.45, 7) is 8.07. The Morgan fingerprint density at radius 1 is 0.875 bits per heavy atom. The van der Waals surface area contributed by atoms with Crippen molar-refractivity contribution in [2.75, 3.05) is 5.73 Å². The van der Waals surface area contributed by atoms with Crippen LogP contribution < -0.4 is 5.73 Å². The van der Waals surface area contributed by atoms with Crippen molar-refractivity contribution >= 4 is 5.69 Å². The van der Waals surface area contributed by atoms with Crippen LogP contribution in [0, 0.1) is 27.7 Å². The monoisotopic (exact) mass is 215 g/mol. The molecule has 0 saturated carbocycles. The van der Waals surface area contributed by atoms with Gasteiger partial charge in [0.2, 0.25) is 0 Å². The number of nitrogen functional groups attached to an aromatic ring is 1. The first kappa shape index (κ1) is 10.8. The molecule has 2 heteroatoms. The van der Waals surface area contributed by atoms with Gasteiger partial charge in [-0.1, -0.05) is 6.07 Å². The maximum Gasteiger partial charge on any atom is 0.108 e. The summed E-state index contributed by atoms with van der Waals surface area (Å²) in [5, 5.41) is 0. The topological polar surface area (TPSA) is 39.2 Å². The Bertz CT molecular complexity index is 538. The smallest absolute Gasteiger partial charge is 0.108 e. The van der Waals surface area contributed by atoms with E-state index in [2.05, 4.69) is 19.1 Å². The Kier molecular flexibility index (Phi) is 2.50. The van der Waals surface area contributed by atoms with Crippen LogP contribution in [-0.4, -0.2) is 0 Å². The molecule has 0 radical (unpaired) electrons. The van der Waals surface area contributed by atoms with Gasteiger partial charge in [-0.2, -0.15) is 0 Å². The third-order valence-corrected chi connectivity index (χ3v) is 2.94. The standard InChI is InChI=1S/C14H17NO/c1-8-5-9(2)14(15)7-12(8)13-6-10(3)16-11(13)4/h5-7H,15H2,1-4H3. The lowest BCUT2D eigenvalue weighted by atomic mass is 9.98. The molecule has 16 heavy (non-hydrogen) atoms. The van der Waals surface area contributed by atoms with E-state index in [1.54, 1.807) is 0 Å². The van der Waals surface area contributed by atoms with Crippen molar-refractivity contribution in [2.24, 2.45) is 0 Å². The molecule has 0 bridgehead atoms. The van der Waals surface area contributed by atoms with E-state index in [4.69, 9.17) is 10.2 Å². The largest absolute Gasteiger partial charge is 0.466 e. The molecule has 0 unspecified atom stereocenters. The molecule has 2 aromatic rings. The Balaban J connectivity index is 2.64.